The zero-order valence-corrected chi connectivity index (χ0v) is 21.2. The molecule has 0 bridgehead atoms. The highest BCUT2D eigenvalue weighted by atomic mass is 28.3. The predicted octanol–water partition coefficient (Wildman–Crippen LogP) is 5.72. The first-order valence-corrected chi connectivity index (χ1v) is 14.6. The monoisotopic (exact) mass is 508 g/mol. The first-order chi connectivity index (χ1) is 17.4. The van der Waals surface area contributed by atoms with Crippen LogP contribution in [-0.2, 0) is 11.5 Å². The van der Waals surface area contributed by atoms with Crippen molar-refractivity contribution in [2.45, 2.75) is 25.9 Å². The summed E-state index contributed by atoms with van der Waals surface area (Å²) in [5.74, 6) is -1.58. The van der Waals surface area contributed by atoms with Crippen molar-refractivity contribution in [3.05, 3.63) is 66.5 Å². The van der Waals surface area contributed by atoms with Crippen molar-refractivity contribution in [3.8, 4) is 34.4 Å². The van der Waals surface area contributed by atoms with E-state index in [1.807, 2.05) is 29.0 Å². The lowest BCUT2D eigenvalue weighted by Crippen LogP contribution is -2.08. The van der Waals surface area contributed by atoms with E-state index in [0.717, 1.165) is 29.3 Å². The zero-order chi connectivity index (χ0) is 25.7. The van der Waals surface area contributed by atoms with Crippen LogP contribution in [0.3, 0.4) is 0 Å². The van der Waals surface area contributed by atoms with E-state index in [4.69, 9.17) is 25.2 Å². The third-order valence-corrected chi connectivity index (χ3v) is 6.88. The third-order valence-electron chi connectivity index (χ3n) is 5.49. The molecule has 2 heterocycles. The molecule has 4 aromatic rings. The van der Waals surface area contributed by atoms with Gasteiger partial charge >= 0.3 is 0 Å². The van der Waals surface area contributed by atoms with Gasteiger partial charge in [-0.05, 0) is 29.8 Å². The van der Waals surface area contributed by atoms with Crippen LogP contribution in [0.15, 0.2) is 54.9 Å². The molecule has 2 aromatic heterocycles. The minimum Gasteiger partial charge on any atom is -0.479 e. The van der Waals surface area contributed by atoms with Crippen LogP contribution in [0.25, 0.3) is 22.2 Å². The number of hydrogen-bond acceptors (Lipinski definition) is 6. The number of aromatic nitrogens is 2. The summed E-state index contributed by atoms with van der Waals surface area (Å²) in [6.07, 6.45) is 3.39. The van der Waals surface area contributed by atoms with Crippen LogP contribution in [0.1, 0.15) is 0 Å². The number of ether oxygens (including phenoxy) is 3. The predicted molar refractivity (Wildman–Crippen MR) is 137 cm³/mol. The van der Waals surface area contributed by atoms with Crippen LogP contribution in [0, 0.1) is 23.0 Å². The molecule has 0 spiro atoms. The number of hydrogen-bond donors (Lipinski definition) is 1. The smallest absolute Gasteiger partial charge is 0.198 e. The summed E-state index contributed by atoms with van der Waals surface area (Å²) in [5.41, 5.74) is 7.59. The highest BCUT2D eigenvalue weighted by molar-refractivity contribution is 6.55. The van der Waals surface area contributed by atoms with Crippen molar-refractivity contribution in [2.24, 2.45) is 0 Å². The molecular formula is C26H26F2N4O3Si. The number of pyridine rings is 1. The molecule has 0 aliphatic carbocycles. The number of nitrogens with two attached hydrogens (primary N) is 1. The number of rotatable bonds is 10. The number of anilines is 1. The first-order valence-electron chi connectivity index (χ1n) is 11.5. The Morgan fingerprint density at radius 2 is 1.83 bits per heavy atom. The Labute approximate surface area is 209 Å². The molecule has 2 N–H and O–H groups in total. The van der Waals surface area contributed by atoms with Gasteiger partial charge in [0, 0.05) is 51.2 Å². The van der Waals surface area contributed by atoms with Crippen LogP contribution in [0.4, 0.5) is 14.5 Å². The Kier molecular flexibility index (Phi) is 7.83. The molecule has 0 amide bonds. The summed E-state index contributed by atoms with van der Waals surface area (Å²) < 4.78 is 47.9. The van der Waals surface area contributed by atoms with Gasteiger partial charge < -0.3 is 24.5 Å². The van der Waals surface area contributed by atoms with Crippen molar-refractivity contribution < 1.29 is 23.0 Å². The number of nitrogen functional groups attached to an aromatic ring is 1. The molecule has 4 rings (SSSR count). The van der Waals surface area contributed by atoms with E-state index in [-0.39, 0.29) is 24.8 Å². The molecule has 36 heavy (non-hydrogen) atoms. The molecule has 0 aliphatic heterocycles. The molecule has 0 saturated heterocycles. The maximum atomic E-state index is 14.5. The van der Waals surface area contributed by atoms with Crippen LogP contribution in [-0.4, -0.2) is 31.6 Å². The molecule has 0 unspecified atom stereocenters. The maximum Gasteiger partial charge on any atom is 0.198 e. The lowest BCUT2D eigenvalue weighted by Gasteiger charge is -2.11. The van der Waals surface area contributed by atoms with Crippen molar-refractivity contribution >= 4 is 25.5 Å². The Morgan fingerprint density at radius 1 is 1.11 bits per heavy atom. The van der Waals surface area contributed by atoms with E-state index in [1.165, 1.54) is 6.20 Å². The van der Waals surface area contributed by atoms with Crippen molar-refractivity contribution in [1.29, 1.82) is 5.26 Å². The standard InChI is InChI=1S/C26H26F2N4O3Si/c1-36(2)12-11-33-16-32-15-20(17-3-5-19(6-4-17)34-10-8-29)24-23(7-9-31-26(24)32)35-25-21(27)13-18(30)14-22(25)28/h3-7,9,13-15,36H,10-12,16,30H2,1-2H3. The SMILES string of the molecule is C[SiH](C)CCOCn1cc(-c2ccc(OCC#N)cc2)c2c(Oc3c(F)cc(N)cc3F)ccnc21. The number of halogens is 2. The van der Waals surface area contributed by atoms with Crippen molar-refractivity contribution in [1.82, 2.24) is 9.55 Å². The van der Waals surface area contributed by atoms with Gasteiger partial charge in [0.1, 0.15) is 29.9 Å². The lowest BCUT2D eigenvalue weighted by molar-refractivity contribution is 0.0903. The Morgan fingerprint density at radius 3 is 2.50 bits per heavy atom. The molecule has 186 valence electrons. The normalized spacial score (nSPS) is 11.1. The molecule has 2 aromatic carbocycles. The molecule has 7 nitrogen and oxygen atoms in total. The fourth-order valence-electron chi connectivity index (χ4n) is 3.70. The second-order valence-electron chi connectivity index (χ2n) is 8.63. The summed E-state index contributed by atoms with van der Waals surface area (Å²) in [7, 11) is -0.746. The van der Waals surface area contributed by atoms with Crippen LogP contribution in [0.5, 0.6) is 17.2 Å². The zero-order valence-electron chi connectivity index (χ0n) is 20.0. The maximum absolute atomic E-state index is 14.5. The van der Waals surface area contributed by atoms with E-state index in [0.29, 0.717) is 23.4 Å². The highest BCUT2D eigenvalue weighted by Crippen LogP contribution is 2.40. The fraction of sp³-hybridized carbons (Fsp3) is 0.231. The number of nitrogens with zero attached hydrogens (tertiary/aromatic N) is 3. The largest absolute Gasteiger partial charge is 0.479 e. The van der Waals surface area contributed by atoms with Gasteiger partial charge in [0.15, 0.2) is 24.0 Å². The highest BCUT2D eigenvalue weighted by Gasteiger charge is 2.20. The van der Waals surface area contributed by atoms with Gasteiger partial charge in [-0.25, -0.2) is 13.8 Å². The number of fused-ring (bicyclic) bond motifs is 1. The molecule has 10 heteroatoms. The average Bonchev–Trinajstić information content (AvgIpc) is 3.22. The molecule has 0 radical (unpaired) electrons. The molecule has 0 aliphatic rings. The molecule has 0 fully saturated rings. The van der Waals surface area contributed by atoms with Gasteiger partial charge in [0.05, 0.1) is 5.39 Å². The second kappa shape index (κ2) is 11.2. The van der Waals surface area contributed by atoms with E-state index < -0.39 is 26.2 Å². The van der Waals surface area contributed by atoms with Crippen molar-refractivity contribution in [3.63, 3.8) is 0 Å². The van der Waals surface area contributed by atoms with E-state index in [1.54, 1.807) is 18.2 Å². The average molecular weight is 509 g/mol. The van der Waals surface area contributed by atoms with E-state index >= 15 is 0 Å². The molecular weight excluding hydrogens is 482 g/mol. The van der Waals surface area contributed by atoms with Crippen LogP contribution < -0.4 is 15.2 Å². The summed E-state index contributed by atoms with van der Waals surface area (Å²) in [6.45, 7) is 5.37. The van der Waals surface area contributed by atoms with Gasteiger partial charge in [0.2, 0.25) is 0 Å². The van der Waals surface area contributed by atoms with Crippen LogP contribution in [0.2, 0.25) is 19.1 Å². The molecule has 0 saturated carbocycles. The minimum atomic E-state index is -0.904. The Bertz CT molecular complexity index is 1380. The quantitative estimate of drug-likeness (QED) is 0.167. The van der Waals surface area contributed by atoms with Crippen molar-refractivity contribution in [2.75, 3.05) is 18.9 Å². The van der Waals surface area contributed by atoms with Gasteiger partial charge in [0.25, 0.3) is 0 Å². The molecule has 0 atom stereocenters. The topological polar surface area (TPSA) is 95.3 Å². The Hall–Kier alpha value is -3.94. The van der Waals surface area contributed by atoms with Gasteiger partial charge in [-0.15, -0.1) is 0 Å². The fourth-order valence-corrected chi connectivity index (χ4v) is 4.34. The van der Waals surface area contributed by atoms with Gasteiger partial charge in [-0.1, -0.05) is 25.2 Å². The third kappa shape index (κ3) is 5.64. The number of nitriles is 1. The summed E-state index contributed by atoms with van der Waals surface area (Å²) in [4.78, 5) is 4.50. The first kappa shape index (κ1) is 25.2. The van der Waals surface area contributed by atoms with E-state index in [2.05, 4.69) is 18.1 Å². The Balaban J connectivity index is 1.77. The summed E-state index contributed by atoms with van der Waals surface area (Å²) >= 11 is 0. The van der Waals surface area contributed by atoms with Gasteiger partial charge in [-0.2, -0.15) is 5.26 Å². The van der Waals surface area contributed by atoms with E-state index in [9.17, 15) is 8.78 Å². The second-order valence-corrected chi connectivity index (χ2v) is 12.0. The summed E-state index contributed by atoms with van der Waals surface area (Å²) in [6, 6.07) is 13.7. The van der Waals surface area contributed by atoms with Crippen LogP contribution >= 0.6 is 0 Å². The van der Waals surface area contributed by atoms with Gasteiger partial charge in [-0.3, -0.25) is 0 Å². The minimum absolute atomic E-state index is 0.0376. The summed E-state index contributed by atoms with van der Waals surface area (Å²) in [5, 5.41) is 9.31. The number of benzene rings is 2. The lowest BCUT2D eigenvalue weighted by atomic mass is 10.1.